The van der Waals surface area contributed by atoms with E-state index >= 15 is 0 Å². The molecule has 1 fully saturated rings. The number of amides is 1. The van der Waals surface area contributed by atoms with Gasteiger partial charge in [0.05, 0.1) is 18.4 Å². The van der Waals surface area contributed by atoms with E-state index in [9.17, 15) is 9.18 Å². The molecule has 1 aromatic rings. The molecule has 0 radical (unpaired) electrons. The van der Waals surface area contributed by atoms with Gasteiger partial charge in [0.25, 0.3) is 5.91 Å². The molecule has 2 N–H and O–H groups in total. The first-order chi connectivity index (χ1) is 9.20. The van der Waals surface area contributed by atoms with E-state index in [4.69, 9.17) is 4.74 Å². The molecular formula is C13H18FN3O2. The lowest BCUT2D eigenvalue weighted by molar-refractivity contribution is 0.0945. The lowest BCUT2D eigenvalue weighted by Gasteiger charge is -2.12. The highest BCUT2D eigenvalue weighted by Gasteiger charge is 2.18. The van der Waals surface area contributed by atoms with Crippen LogP contribution in [0.1, 0.15) is 23.7 Å². The van der Waals surface area contributed by atoms with Crippen LogP contribution in [-0.2, 0) is 4.74 Å². The Kier molecular flexibility index (Phi) is 4.68. The summed E-state index contributed by atoms with van der Waals surface area (Å²) in [5.74, 6) is -0.0806. The number of ether oxygens (including phenoxy) is 1. The molecule has 6 heteroatoms. The Morgan fingerprint density at radius 1 is 1.63 bits per heavy atom. The minimum atomic E-state index is -0.518. The van der Waals surface area contributed by atoms with Gasteiger partial charge in [-0.2, -0.15) is 0 Å². The molecule has 1 atom stereocenters. The third-order valence-electron chi connectivity index (χ3n) is 3.02. The largest absolute Gasteiger partial charge is 0.381 e. The first-order valence-electron chi connectivity index (χ1n) is 6.46. The molecule has 0 spiro atoms. The van der Waals surface area contributed by atoms with Gasteiger partial charge >= 0.3 is 0 Å². The number of halogens is 1. The molecule has 0 aliphatic carbocycles. The minimum absolute atomic E-state index is 0.237. The molecule has 1 aromatic heterocycles. The molecule has 1 saturated heterocycles. The Morgan fingerprint density at radius 2 is 2.47 bits per heavy atom. The van der Waals surface area contributed by atoms with Gasteiger partial charge in [0.15, 0.2) is 0 Å². The number of nitrogens with zero attached hydrogens (tertiary/aromatic N) is 1. The third kappa shape index (κ3) is 3.64. The van der Waals surface area contributed by atoms with Gasteiger partial charge in [-0.15, -0.1) is 0 Å². The summed E-state index contributed by atoms with van der Waals surface area (Å²) in [5.41, 5.74) is 0.237. The number of hydrogen-bond acceptors (Lipinski definition) is 4. The van der Waals surface area contributed by atoms with Crippen molar-refractivity contribution in [1.82, 2.24) is 10.3 Å². The van der Waals surface area contributed by atoms with Gasteiger partial charge in [-0.25, -0.2) is 9.37 Å². The zero-order valence-electron chi connectivity index (χ0n) is 10.9. The van der Waals surface area contributed by atoms with E-state index in [1.165, 1.54) is 6.07 Å². The van der Waals surface area contributed by atoms with Gasteiger partial charge < -0.3 is 15.4 Å². The normalized spacial score (nSPS) is 18.3. The molecule has 1 aliphatic rings. The molecule has 0 saturated carbocycles. The van der Waals surface area contributed by atoms with E-state index in [1.807, 2.05) is 6.92 Å². The van der Waals surface area contributed by atoms with Gasteiger partial charge in [0.1, 0.15) is 11.6 Å². The molecule has 1 unspecified atom stereocenters. The van der Waals surface area contributed by atoms with Crippen LogP contribution < -0.4 is 10.6 Å². The van der Waals surface area contributed by atoms with Crippen molar-refractivity contribution in [2.75, 3.05) is 31.6 Å². The summed E-state index contributed by atoms with van der Waals surface area (Å²) in [6.45, 7) is 4.46. The highest BCUT2D eigenvalue weighted by molar-refractivity contribution is 5.98. The van der Waals surface area contributed by atoms with Gasteiger partial charge in [-0.3, -0.25) is 4.79 Å². The standard InChI is InChI=1S/C13H18FN3O2/c1-2-15-12-11(5-10(14)7-16-12)13(18)17-6-9-3-4-19-8-9/h5,7,9H,2-4,6,8H2,1H3,(H,15,16)(H,17,18). The Morgan fingerprint density at radius 3 is 3.16 bits per heavy atom. The Balaban J connectivity index is 2.02. The van der Waals surface area contributed by atoms with Crippen LogP contribution in [0.25, 0.3) is 0 Å². The molecule has 1 amide bonds. The van der Waals surface area contributed by atoms with E-state index in [1.54, 1.807) is 0 Å². The Hall–Kier alpha value is -1.69. The van der Waals surface area contributed by atoms with Gasteiger partial charge in [0, 0.05) is 25.6 Å². The average molecular weight is 267 g/mol. The summed E-state index contributed by atoms with van der Waals surface area (Å²) in [6, 6.07) is 1.20. The summed E-state index contributed by atoms with van der Waals surface area (Å²) >= 11 is 0. The second-order valence-electron chi connectivity index (χ2n) is 4.52. The fourth-order valence-corrected chi connectivity index (χ4v) is 2.00. The number of pyridine rings is 1. The second kappa shape index (κ2) is 6.47. The average Bonchev–Trinajstić information content (AvgIpc) is 2.91. The first-order valence-corrected chi connectivity index (χ1v) is 6.46. The van der Waals surface area contributed by atoms with Crippen molar-refractivity contribution in [3.8, 4) is 0 Å². The molecule has 1 aliphatic heterocycles. The topological polar surface area (TPSA) is 63.2 Å². The number of carbonyl (C=O) groups is 1. The van der Waals surface area contributed by atoms with Crippen molar-refractivity contribution in [2.24, 2.45) is 5.92 Å². The van der Waals surface area contributed by atoms with Crippen LogP contribution in [0.3, 0.4) is 0 Å². The predicted molar refractivity (Wildman–Crippen MR) is 69.6 cm³/mol. The van der Waals surface area contributed by atoms with E-state index in [2.05, 4.69) is 15.6 Å². The van der Waals surface area contributed by atoms with E-state index < -0.39 is 5.82 Å². The number of hydrogen-bond donors (Lipinski definition) is 2. The molecule has 104 valence electrons. The summed E-state index contributed by atoms with van der Waals surface area (Å²) in [7, 11) is 0. The second-order valence-corrected chi connectivity index (χ2v) is 4.52. The van der Waals surface area contributed by atoms with Gasteiger partial charge in [-0.05, 0) is 19.4 Å². The van der Waals surface area contributed by atoms with Crippen molar-refractivity contribution in [3.63, 3.8) is 0 Å². The zero-order chi connectivity index (χ0) is 13.7. The van der Waals surface area contributed by atoms with E-state index in [0.717, 1.165) is 19.2 Å². The van der Waals surface area contributed by atoms with Crippen molar-refractivity contribution >= 4 is 11.7 Å². The maximum absolute atomic E-state index is 13.2. The smallest absolute Gasteiger partial charge is 0.255 e. The van der Waals surface area contributed by atoms with Crippen molar-refractivity contribution in [3.05, 3.63) is 23.6 Å². The summed E-state index contributed by atoms with van der Waals surface area (Å²) in [5, 5.41) is 5.75. The van der Waals surface area contributed by atoms with Crippen molar-refractivity contribution in [2.45, 2.75) is 13.3 Å². The third-order valence-corrected chi connectivity index (χ3v) is 3.02. The van der Waals surface area contributed by atoms with Crippen LogP contribution in [0.15, 0.2) is 12.3 Å². The molecule has 0 aromatic carbocycles. The summed E-state index contributed by atoms with van der Waals surface area (Å²) < 4.78 is 18.4. The van der Waals surface area contributed by atoms with E-state index in [-0.39, 0.29) is 11.5 Å². The molecule has 19 heavy (non-hydrogen) atoms. The maximum atomic E-state index is 13.2. The minimum Gasteiger partial charge on any atom is -0.381 e. The van der Waals surface area contributed by atoms with Crippen LogP contribution in [0.2, 0.25) is 0 Å². The van der Waals surface area contributed by atoms with Crippen LogP contribution in [0, 0.1) is 11.7 Å². The van der Waals surface area contributed by atoms with Gasteiger partial charge in [0.2, 0.25) is 0 Å². The zero-order valence-corrected chi connectivity index (χ0v) is 10.9. The maximum Gasteiger partial charge on any atom is 0.255 e. The number of anilines is 1. The molecule has 2 rings (SSSR count). The lowest BCUT2D eigenvalue weighted by Crippen LogP contribution is -2.30. The SMILES string of the molecule is CCNc1ncc(F)cc1C(=O)NCC1CCOC1. The van der Waals surface area contributed by atoms with Crippen LogP contribution in [0.5, 0.6) is 0 Å². The summed E-state index contributed by atoms with van der Waals surface area (Å²) in [4.78, 5) is 15.9. The number of carbonyl (C=O) groups excluding carboxylic acids is 1. The van der Waals surface area contributed by atoms with Crippen LogP contribution in [0.4, 0.5) is 10.2 Å². The highest BCUT2D eigenvalue weighted by Crippen LogP contribution is 2.15. The Labute approximate surface area is 111 Å². The molecule has 0 bridgehead atoms. The van der Waals surface area contributed by atoms with Crippen molar-refractivity contribution < 1.29 is 13.9 Å². The Bertz CT molecular complexity index is 448. The fraction of sp³-hybridized carbons (Fsp3) is 0.538. The lowest BCUT2D eigenvalue weighted by atomic mass is 10.1. The monoisotopic (exact) mass is 267 g/mol. The number of aromatic nitrogens is 1. The summed E-state index contributed by atoms with van der Waals surface area (Å²) in [6.07, 6.45) is 2.04. The van der Waals surface area contributed by atoms with Crippen molar-refractivity contribution in [1.29, 1.82) is 0 Å². The van der Waals surface area contributed by atoms with E-state index in [0.29, 0.717) is 31.4 Å². The fourth-order valence-electron chi connectivity index (χ4n) is 2.00. The molecular weight excluding hydrogens is 249 g/mol. The number of nitrogens with one attached hydrogen (secondary N) is 2. The quantitative estimate of drug-likeness (QED) is 0.847. The molecule has 5 nitrogen and oxygen atoms in total. The number of rotatable bonds is 5. The predicted octanol–water partition coefficient (Wildman–Crippen LogP) is 1.42. The first kappa shape index (κ1) is 13.7. The van der Waals surface area contributed by atoms with Crippen LogP contribution in [-0.4, -0.2) is 37.2 Å². The highest BCUT2D eigenvalue weighted by atomic mass is 19.1. The van der Waals surface area contributed by atoms with Crippen LogP contribution >= 0.6 is 0 Å². The van der Waals surface area contributed by atoms with Gasteiger partial charge in [-0.1, -0.05) is 0 Å². The molecule has 2 heterocycles.